The molecule has 1 atom stereocenters. The van der Waals surface area contributed by atoms with Crippen molar-refractivity contribution in [3.63, 3.8) is 0 Å². The zero-order valence-electron chi connectivity index (χ0n) is 18.0. The molecule has 1 aromatic heterocycles. The van der Waals surface area contributed by atoms with Crippen LogP contribution in [0.3, 0.4) is 0 Å². The molecule has 1 aliphatic heterocycles. The molecule has 0 aliphatic carbocycles. The minimum Gasteiger partial charge on any atom is -0.489 e. The average molecular weight is 464 g/mol. The number of benzene rings is 2. The Bertz CT molecular complexity index is 1100. The first-order chi connectivity index (χ1) is 15.0. The highest BCUT2D eigenvalue weighted by atomic mass is 35.5. The molecule has 0 bridgehead atoms. The van der Waals surface area contributed by atoms with E-state index in [0.29, 0.717) is 24.2 Å². The lowest BCUT2D eigenvalue weighted by Crippen LogP contribution is -2.44. The van der Waals surface area contributed by atoms with Crippen LogP contribution in [-0.2, 0) is 12.8 Å². The molecule has 172 valence electrons. The highest BCUT2D eigenvalue weighted by Gasteiger charge is 2.29. The summed E-state index contributed by atoms with van der Waals surface area (Å²) in [6.07, 6.45) is 5.27. The molecule has 1 aliphatic rings. The van der Waals surface area contributed by atoms with Crippen molar-refractivity contribution in [3.05, 3.63) is 64.9 Å². The highest BCUT2D eigenvalue weighted by molar-refractivity contribution is 5.95. The Balaban J connectivity index is 0.00000289. The summed E-state index contributed by atoms with van der Waals surface area (Å²) in [5, 5.41) is 0.936. The molecule has 0 saturated heterocycles. The number of halogens is 3. The van der Waals surface area contributed by atoms with E-state index < -0.39 is 11.7 Å². The smallest absolute Gasteiger partial charge is 0.249 e. The van der Waals surface area contributed by atoms with Gasteiger partial charge in [-0.15, -0.1) is 12.4 Å². The second-order valence-electron chi connectivity index (χ2n) is 8.03. The van der Waals surface area contributed by atoms with Gasteiger partial charge in [0.2, 0.25) is 5.91 Å². The van der Waals surface area contributed by atoms with Gasteiger partial charge in [0.25, 0.3) is 0 Å². The highest BCUT2D eigenvalue weighted by Crippen LogP contribution is 2.32. The molecule has 8 heteroatoms. The molecular weight excluding hydrogens is 436 g/mol. The number of amides is 1. The van der Waals surface area contributed by atoms with E-state index in [-0.39, 0.29) is 30.0 Å². The van der Waals surface area contributed by atoms with Crippen LogP contribution in [0.2, 0.25) is 0 Å². The van der Waals surface area contributed by atoms with Gasteiger partial charge in [0.15, 0.2) is 11.6 Å². The number of fused-ring (bicyclic) bond motifs is 2. The Hall–Kier alpha value is -2.64. The number of nitrogens with zero attached hydrogens (tertiary/aromatic N) is 1. The van der Waals surface area contributed by atoms with Crippen molar-refractivity contribution in [2.24, 2.45) is 5.73 Å². The number of H-pyrrole nitrogens is 1. The molecule has 0 spiro atoms. The van der Waals surface area contributed by atoms with Crippen LogP contribution in [0.1, 0.15) is 41.3 Å². The standard InChI is InChI=1S/C24H27F2N3O2.ClH/c1-2-29(10-4-3-5-15-13-28-22-9-6-16(25)11-19(15)22)17-12-20-18(24(27)30)7-8-21(26)23(20)31-14-17;/h6-9,11,13,17,28H,2-5,10,12,14H2,1H3,(H2,27,30);1H. The van der Waals surface area contributed by atoms with Crippen LogP contribution < -0.4 is 10.5 Å². The fraction of sp³-hybridized carbons (Fsp3) is 0.375. The van der Waals surface area contributed by atoms with Crippen LogP contribution in [0.25, 0.3) is 10.9 Å². The second kappa shape index (κ2) is 10.3. The van der Waals surface area contributed by atoms with E-state index >= 15 is 0 Å². The van der Waals surface area contributed by atoms with Gasteiger partial charge in [-0.05, 0) is 74.7 Å². The summed E-state index contributed by atoms with van der Waals surface area (Å²) in [6.45, 7) is 4.14. The van der Waals surface area contributed by atoms with E-state index in [1.54, 1.807) is 12.1 Å². The quantitative estimate of drug-likeness (QED) is 0.479. The number of likely N-dealkylation sites (N-methyl/N-ethyl adjacent to an activating group) is 1. The molecule has 5 nitrogen and oxygen atoms in total. The predicted octanol–water partition coefficient (Wildman–Crippen LogP) is 4.62. The van der Waals surface area contributed by atoms with Crippen molar-refractivity contribution >= 4 is 29.2 Å². The number of unbranched alkanes of at least 4 members (excludes halogenated alkanes) is 1. The predicted molar refractivity (Wildman–Crippen MR) is 124 cm³/mol. The number of hydrogen-bond donors (Lipinski definition) is 2. The first-order valence-corrected chi connectivity index (χ1v) is 10.7. The minimum atomic E-state index is -0.571. The van der Waals surface area contributed by atoms with E-state index in [9.17, 15) is 13.6 Å². The summed E-state index contributed by atoms with van der Waals surface area (Å²) in [4.78, 5) is 17.3. The number of ether oxygens (including phenoxy) is 1. The molecule has 0 fully saturated rings. The summed E-state index contributed by atoms with van der Waals surface area (Å²) in [5.41, 5.74) is 8.43. The number of carbonyl (C=O) groups excluding carboxylic acids is 1. The molecular formula is C24H28ClF2N3O2. The third kappa shape index (κ3) is 4.89. The van der Waals surface area contributed by atoms with E-state index in [4.69, 9.17) is 10.5 Å². The van der Waals surface area contributed by atoms with Crippen LogP contribution in [-0.4, -0.2) is 41.5 Å². The number of nitrogens with two attached hydrogens (primary N) is 1. The van der Waals surface area contributed by atoms with Gasteiger partial charge in [0, 0.05) is 34.3 Å². The second-order valence-corrected chi connectivity index (χ2v) is 8.03. The maximum atomic E-state index is 14.1. The number of aromatic nitrogens is 1. The number of aromatic amines is 1. The molecule has 4 rings (SSSR count). The third-order valence-electron chi connectivity index (χ3n) is 6.13. The zero-order valence-corrected chi connectivity index (χ0v) is 18.8. The number of aryl methyl sites for hydroxylation is 1. The van der Waals surface area contributed by atoms with Crippen molar-refractivity contribution in [1.29, 1.82) is 0 Å². The lowest BCUT2D eigenvalue weighted by Gasteiger charge is -2.35. The summed E-state index contributed by atoms with van der Waals surface area (Å²) in [7, 11) is 0. The lowest BCUT2D eigenvalue weighted by atomic mass is 9.95. The number of rotatable bonds is 8. The van der Waals surface area contributed by atoms with Gasteiger partial charge in [0.05, 0.1) is 0 Å². The van der Waals surface area contributed by atoms with Crippen molar-refractivity contribution in [1.82, 2.24) is 9.88 Å². The summed E-state index contributed by atoms with van der Waals surface area (Å²) in [6, 6.07) is 7.51. The van der Waals surface area contributed by atoms with Crippen molar-refractivity contribution in [3.8, 4) is 5.75 Å². The molecule has 32 heavy (non-hydrogen) atoms. The van der Waals surface area contributed by atoms with Gasteiger partial charge in [0.1, 0.15) is 12.4 Å². The van der Waals surface area contributed by atoms with E-state index in [2.05, 4.69) is 16.8 Å². The van der Waals surface area contributed by atoms with E-state index in [1.165, 1.54) is 18.2 Å². The Morgan fingerprint density at radius 1 is 1.25 bits per heavy atom. The third-order valence-corrected chi connectivity index (χ3v) is 6.13. The molecule has 3 N–H and O–H groups in total. The van der Waals surface area contributed by atoms with Crippen LogP contribution in [0, 0.1) is 11.6 Å². The first-order valence-electron chi connectivity index (χ1n) is 10.7. The molecule has 1 unspecified atom stereocenters. The number of primary amides is 1. The fourth-order valence-corrected chi connectivity index (χ4v) is 4.48. The normalized spacial score (nSPS) is 15.3. The molecule has 1 amide bonds. The Morgan fingerprint density at radius 3 is 2.81 bits per heavy atom. The Morgan fingerprint density at radius 2 is 2.06 bits per heavy atom. The topological polar surface area (TPSA) is 71.3 Å². The van der Waals surface area contributed by atoms with E-state index in [0.717, 1.165) is 48.8 Å². The van der Waals surface area contributed by atoms with Crippen LogP contribution >= 0.6 is 12.4 Å². The van der Waals surface area contributed by atoms with E-state index in [1.807, 2.05) is 6.20 Å². The molecule has 3 aromatic rings. The first kappa shape index (κ1) is 24.0. The van der Waals surface area contributed by atoms with Crippen molar-refractivity contribution in [2.75, 3.05) is 19.7 Å². The number of nitrogens with one attached hydrogen (secondary N) is 1. The summed E-state index contributed by atoms with van der Waals surface area (Å²) in [5.74, 6) is -1.11. The fourth-order valence-electron chi connectivity index (χ4n) is 4.48. The van der Waals surface area contributed by atoms with Crippen molar-refractivity contribution in [2.45, 2.75) is 38.6 Å². The zero-order chi connectivity index (χ0) is 22.0. The summed E-state index contributed by atoms with van der Waals surface area (Å²) < 4.78 is 33.4. The molecule has 2 heterocycles. The SMILES string of the molecule is CCN(CCCCc1c[nH]c2ccc(F)cc12)C1COc2c(F)ccc(C(N)=O)c2C1.Cl. The monoisotopic (exact) mass is 463 g/mol. The molecule has 0 saturated carbocycles. The van der Waals surface area contributed by atoms with Gasteiger partial charge in [-0.1, -0.05) is 6.92 Å². The average Bonchev–Trinajstić information content (AvgIpc) is 3.15. The van der Waals surface area contributed by atoms with Gasteiger partial charge >= 0.3 is 0 Å². The number of hydrogen-bond acceptors (Lipinski definition) is 3. The Kier molecular flexibility index (Phi) is 7.74. The van der Waals surface area contributed by atoms with Gasteiger partial charge in [-0.2, -0.15) is 0 Å². The van der Waals surface area contributed by atoms with Gasteiger partial charge in [-0.3, -0.25) is 9.69 Å². The van der Waals surface area contributed by atoms with Crippen LogP contribution in [0.4, 0.5) is 8.78 Å². The van der Waals surface area contributed by atoms with Gasteiger partial charge in [-0.25, -0.2) is 8.78 Å². The molecule has 0 radical (unpaired) electrons. The van der Waals surface area contributed by atoms with Crippen LogP contribution in [0.5, 0.6) is 5.75 Å². The van der Waals surface area contributed by atoms with Gasteiger partial charge < -0.3 is 15.5 Å². The number of carbonyl (C=O) groups is 1. The largest absolute Gasteiger partial charge is 0.489 e. The molecule has 2 aromatic carbocycles. The summed E-state index contributed by atoms with van der Waals surface area (Å²) >= 11 is 0. The lowest BCUT2D eigenvalue weighted by molar-refractivity contribution is 0.0987. The van der Waals surface area contributed by atoms with Crippen LogP contribution in [0.15, 0.2) is 36.5 Å². The minimum absolute atomic E-state index is 0. The maximum Gasteiger partial charge on any atom is 0.249 e. The Labute approximate surface area is 192 Å². The van der Waals surface area contributed by atoms with Crippen molar-refractivity contribution < 1.29 is 18.3 Å². The maximum absolute atomic E-state index is 14.1.